The molecule has 0 saturated carbocycles. The minimum Gasteiger partial charge on any atom is -0.392 e. The van der Waals surface area contributed by atoms with Gasteiger partial charge in [0.05, 0.1) is 6.10 Å². The van der Waals surface area contributed by atoms with Crippen LogP contribution >= 0.6 is 27.5 Å². The summed E-state index contributed by atoms with van der Waals surface area (Å²) in [5.74, 6) is -0.788. The molecule has 0 saturated heterocycles. The first-order valence-electron chi connectivity index (χ1n) is 6.01. The van der Waals surface area contributed by atoms with Crippen LogP contribution in [0.4, 0.5) is 8.78 Å². The summed E-state index contributed by atoms with van der Waals surface area (Å²) in [7, 11) is 0. The van der Waals surface area contributed by atoms with E-state index in [2.05, 4.69) is 15.9 Å². The third-order valence-corrected chi connectivity index (χ3v) is 3.78. The number of benzene rings is 2. The molecule has 0 aliphatic rings. The van der Waals surface area contributed by atoms with Crippen LogP contribution in [0.1, 0.15) is 11.1 Å². The lowest BCUT2D eigenvalue weighted by atomic mass is 10.0. The summed E-state index contributed by atoms with van der Waals surface area (Å²) >= 11 is 9.16. The van der Waals surface area contributed by atoms with Gasteiger partial charge in [-0.25, -0.2) is 8.78 Å². The predicted molar refractivity (Wildman–Crippen MR) is 78.9 cm³/mol. The molecule has 1 atom stereocenters. The fourth-order valence-electron chi connectivity index (χ4n) is 1.97. The van der Waals surface area contributed by atoms with Crippen LogP contribution in [0.2, 0.25) is 5.02 Å². The molecule has 106 valence electrons. The molecular formula is C15H12BrClF2O. The van der Waals surface area contributed by atoms with Gasteiger partial charge in [-0.05, 0) is 41.5 Å². The van der Waals surface area contributed by atoms with Gasteiger partial charge in [0.1, 0.15) is 11.6 Å². The van der Waals surface area contributed by atoms with Crippen LogP contribution in [0.15, 0.2) is 40.9 Å². The van der Waals surface area contributed by atoms with Crippen LogP contribution in [0, 0.1) is 11.6 Å². The molecule has 0 aliphatic carbocycles. The van der Waals surface area contributed by atoms with Gasteiger partial charge in [0.25, 0.3) is 0 Å². The lowest BCUT2D eigenvalue weighted by molar-refractivity contribution is 0.174. The lowest BCUT2D eigenvalue weighted by Crippen LogP contribution is -2.15. The molecule has 0 spiro atoms. The number of halogens is 4. The van der Waals surface area contributed by atoms with Crippen molar-refractivity contribution >= 4 is 27.5 Å². The third-order valence-electron chi connectivity index (χ3n) is 2.93. The first kappa shape index (κ1) is 15.4. The van der Waals surface area contributed by atoms with Gasteiger partial charge in [0.2, 0.25) is 0 Å². The summed E-state index contributed by atoms with van der Waals surface area (Å²) in [4.78, 5) is 0. The summed E-state index contributed by atoms with van der Waals surface area (Å²) in [6.07, 6.45) is -0.383. The molecule has 1 unspecified atom stereocenters. The highest BCUT2D eigenvalue weighted by Gasteiger charge is 2.13. The Morgan fingerprint density at radius 3 is 2.45 bits per heavy atom. The highest BCUT2D eigenvalue weighted by Crippen LogP contribution is 2.21. The zero-order valence-corrected chi connectivity index (χ0v) is 12.8. The zero-order chi connectivity index (χ0) is 14.7. The van der Waals surface area contributed by atoms with E-state index in [1.807, 2.05) is 0 Å². The maximum absolute atomic E-state index is 13.6. The molecule has 0 fully saturated rings. The van der Waals surface area contributed by atoms with Crippen molar-refractivity contribution in [3.05, 3.63) is 68.7 Å². The SMILES string of the molecule is OC(Cc1cc(Br)ccc1F)Cc1ccc(F)cc1Cl. The van der Waals surface area contributed by atoms with Crippen molar-refractivity contribution in [3.8, 4) is 0 Å². The topological polar surface area (TPSA) is 20.2 Å². The van der Waals surface area contributed by atoms with Gasteiger partial charge in [-0.15, -0.1) is 0 Å². The Hall–Kier alpha value is -0.970. The molecule has 1 N–H and O–H groups in total. The third kappa shape index (κ3) is 4.01. The van der Waals surface area contributed by atoms with E-state index in [1.54, 1.807) is 12.1 Å². The lowest BCUT2D eigenvalue weighted by Gasteiger charge is -2.13. The molecule has 2 aromatic carbocycles. The van der Waals surface area contributed by atoms with Crippen molar-refractivity contribution < 1.29 is 13.9 Å². The van der Waals surface area contributed by atoms with Crippen LogP contribution in [-0.2, 0) is 12.8 Å². The summed E-state index contributed by atoms with van der Waals surface area (Å²) in [5.41, 5.74) is 1.06. The fourth-order valence-corrected chi connectivity index (χ4v) is 2.62. The van der Waals surface area contributed by atoms with E-state index >= 15 is 0 Å². The summed E-state index contributed by atoms with van der Waals surface area (Å²) in [6, 6.07) is 8.58. The Balaban J connectivity index is 2.08. The number of aliphatic hydroxyl groups excluding tert-OH is 1. The van der Waals surface area contributed by atoms with E-state index in [0.717, 1.165) is 4.47 Å². The van der Waals surface area contributed by atoms with Gasteiger partial charge in [0.15, 0.2) is 0 Å². The second kappa shape index (κ2) is 6.66. The number of rotatable bonds is 4. The van der Waals surface area contributed by atoms with E-state index in [0.29, 0.717) is 11.1 Å². The Labute approximate surface area is 129 Å². The zero-order valence-electron chi connectivity index (χ0n) is 10.4. The Morgan fingerprint density at radius 1 is 1.05 bits per heavy atom. The predicted octanol–water partition coefficient (Wildman–Crippen LogP) is 4.53. The van der Waals surface area contributed by atoms with E-state index < -0.39 is 11.9 Å². The first-order valence-corrected chi connectivity index (χ1v) is 7.18. The van der Waals surface area contributed by atoms with Gasteiger partial charge in [-0.3, -0.25) is 0 Å². The average Bonchev–Trinajstić information content (AvgIpc) is 2.37. The molecule has 0 bridgehead atoms. The highest BCUT2D eigenvalue weighted by molar-refractivity contribution is 9.10. The largest absolute Gasteiger partial charge is 0.392 e. The maximum Gasteiger partial charge on any atom is 0.126 e. The number of hydrogen-bond donors (Lipinski definition) is 1. The Kier molecular flexibility index (Phi) is 5.13. The molecule has 2 rings (SSSR count). The highest BCUT2D eigenvalue weighted by atomic mass is 79.9. The van der Waals surface area contributed by atoms with Crippen LogP contribution in [0.25, 0.3) is 0 Å². The van der Waals surface area contributed by atoms with E-state index in [4.69, 9.17) is 11.6 Å². The van der Waals surface area contributed by atoms with E-state index in [9.17, 15) is 13.9 Å². The molecule has 2 aromatic rings. The average molecular weight is 362 g/mol. The molecule has 0 radical (unpaired) electrons. The summed E-state index contributed by atoms with van der Waals surface area (Å²) in [6.45, 7) is 0. The van der Waals surface area contributed by atoms with Crippen LogP contribution < -0.4 is 0 Å². The van der Waals surface area contributed by atoms with Gasteiger partial charge in [-0.2, -0.15) is 0 Å². The van der Waals surface area contributed by atoms with E-state index in [1.165, 1.54) is 24.3 Å². The minimum atomic E-state index is -0.790. The Bertz CT molecular complexity index is 619. The molecule has 0 aromatic heterocycles. The van der Waals surface area contributed by atoms with Crippen molar-refractivity contribution in [1.29, 1.82) is 0 Å². The smallest absolute Gasteiger partial charge is 0.126 e. The van der Waals surface area contributed by atoms with E-state index in [-0.39, 0.29) is 23.7 Å². The van der Waals surface area contributed by atoms with Gasteiger partial charge < -0.3 is 5.11 Å². The molecule has 0 aliphatic heterocycles. The molecule has 20 heavy (non-hydrogen) atoms. The van der Waals surface area contributed by atoms with Crippen LogP contribution in [-0.4, -0.2) is 11.2 Å². The Morgan fingerprint density at radius 2 is 1.75 bits per heavy atom. The van der Waals surface area contributed by atoms with Gasteiger partial charge in [0, 0.05) is 22.3 Å². The van der Waals surface area contributed by atoms with Crippen molar-refractivity contribution in [3.63, 3.8) is 0 Å². The number of hydrogen-bond acceptors (Lipinski definition) is 1. The standard InChI is InChI=1S/C15H12BrClF2O/c16-11-2-4-15(19)10(5-11)7-13(20)6-9-1-3-12(18)8-14(9)17/h1-5,8,13,20H,6-7H2. The monoisotopic (exact) mass is 360 g/mol. The second-order valence-corrected chi connectivity index (χ2v) is 5.86. The van der Waals surface area contributed by atoms with Crippen molar-refractivity contribution in [2.45, 2.75) is 18.9 Å². The van der Waals surface area contributed by atoms with Crippen molar-refractivity contribution in [2.24, 2.45) is 0 Å². The van der Waals surface area contributed by atoms with Crippen LogP contribution in [0.3, 0.4) is 0 Å². The molecule has 1 nitrogen and oxygen atoms in total. The molecule has 0 amide bonds. The molecule has 5 heteroatoms. The fraction of sp³-hybridized carbons (Fsp3) is 0.200. The van der Waals surface area contributed by atoms with Crippen molar-refractivity contribution in [1.82, 2.24) is 0 Å². The van der Waals surface area contributed by atoms with Gasteiger partial charge in [-0.1, -0.05) is 33.6 Å². The summed E-state index contributed by atoms with van der Waals surface area (Å²) in [5, 5.41) is 10.3. The number of aliphatic hydroxyl groups is 1. The molecule has 0 heterocycles. The first-order chi connectivity index (χ1) is 9.45. The normalized spacial score (nSPS) is 12.4. The van der Waals surface area contributed by atoms with Gasteiger partial charge >= 0.3 is 0 Å². The van der Waals surface area contributed by atoms with Crippen molar-refractivity contribution in [2.75, 3.05) is 0 Å². The van der Waals surface area contributed by atoms with Crippen LogP contribution in [0.5, 0.6) is 0 Å². The second-order valence-electron chi connectivity index (χ2n) is 4.53. The summed E-state index contributed by atoms with van der Waals surface area (Å²) < 4.78 is 27.3. The maximum atomic E-state index is 13.6. The minimum absolute atomic E-state index is 0.166. The molecular weight excluding hydrogens is 350 g/mol. The quantitative estimate of drug-likeness (QED) is 0.848.